The van der Waals surface area contributed by atoms with Crippen molar-refractivity contribution >= 4 is 40.4 Å². The van der Waals surface area contributed by atoms with E-state index in [0.29, 0.717) is 34.5 Å². The molecular formula is C23H19N7O3. The molecule has 10 nitrogen and oxygen atoms in total. The summed E-state index contributed by atoms with van der Waals surface area (Å²) in [5, 5.41) is 19.9. The molecule has 2 heterocycles. The Labute approximate surface area is 188 Å². The zero-order valence-corrected chi connectivity index (χ0v) is 17.5. The number of hydrogen-bond donors (Lipinski definition) is 3. The molecule has 1 amide bonds. The van der Waals surface area contributed by atoms with Crippen molar-refractivity contribution in [1.29, 1.82) is 0 Å². The first-order valence-corrected chi connectivity index (χ1v) is 9.93. The molecule has 2 aromatic heterocycles. The van der Waals surface area contributed by atoms with E-state index in [1.165, 1.54) is 24.3 Å². The van der Waals surface area contributed by atoms with Gasteiger partial charge in [-0.15, -0.1) is 0 Å². The van der Waals surface area contributed by atoms with Crippen LogP contribution in [0.3, 0.4) is 0 Å². The Kier molecular flexibility index (Phi) is 6.17. The van der Waals surface area contributed by atoms with Gasteiger partial charge < -0.3 is 16.0 Å². The Morgan fingerprint density at radius 1 is 0.848 bits per heavy atom. The van der Waals surface area contributed by atoms with Gasteiger partial charge in [0.25, 0.3) is 11.6 Å². The molecular weight excluding hydrogens is 422 g/mol. The summed E-state index contributed by atoms with van der Waals surface area (Å²) in [6.45, 7) is 1.80. The molecule has 0 radical (unpaired) electrons. The van der Waals surface area contributed by atoms with Crippen molar-refractivity contribution in [2.75, 3.05) is 16.0 Å². The van der Waals surface area contributed by atoms with Gasteiger partial charge in [0.15, 0.2) is 0 Å². The van der Waals surface area contributed by atoms with Crippen molar-refractivity contribution in [2.24, 2.45) is 0 Å². The summed E-state index contributed by atoms with van der Waals surface area (Å²) in [4.78, 5) is 35.6. The fourth-order valence-corrected chi connectivity index (χ4v) is 2.99. The highest BCUT2D eigenvalue weighted by molar-refractivity contribution is 6.04. The van der Waals surface area contributed by atoms with Crippen LogP contribution in [-0.2, 0) is 0 Å². The molecule has 0 bridgehead atoms. The predicted molar refractivity (Wildman–Crippen MR) is 125 cm³/mol. The van der Waals surface area contributed by atoms with E-state index in [9.17, 15) is 14.9 Å². The van der Waals surface area contributed by atoms with E-state index in [1.807, 2.05) is 18.2 Å². The summed E-state index contributed by atoms with van der Waals surface area (Å²) >= 11 is 0. The number of aromatic nitrogens is 3. The minimum absolute atomic E-state index is 0.0691. The molecule has 4 aromatic rings. The van der Waals surface area contributed by atoms with Crippen LogP contribution < -0.4 is 16.0 Å². The zero-order chi connectivity index (χ0) is 23.2. The van der Waals surface area contributed by atoms with Gasteiger partial charge in [0.2, 0.25) is 0 Å². The number of nitrogens with one attached hydrogen (secondary N) is 3. The van der Waals surface area contributed by atoms with Gasteiger partial charge in [-0.05, 0) is 55.5 Å². The van der Waals surface area contributed by atoms with E-state index >= 15 is 0 Å². The lowest BCUT2D eigenvalue weighted by molar-refractivity contribution is -0.384. The van der Waals surface area contributed by atoms with E-state index in [-0.39, 0.29) is 11.6 Å². The number of carbonyl (C=O) groups excluding carboxylic acids is 1. The Morgan fingerprint density at radius 3 is 2.15 bits per heavy atom. The fourth-order valence-electron chi connectivity index (χ4n) is 2.99. The van der Waals surface area contributed by atoms with E-state index in [1.54, 1.807) is 43.5 Å². The molecule has 0 spiro atoms. The van der Waals surface area contributed by atoms with Crippen LogP contribution in [0.25, 0.3) is 0 Å². The normalized spacial score (nSPS) is 10.3. The third-order valence-electron chi connectivity index (χ3n) is 4.51. The van der Waals surface area contributed by atoms with Crippen LogP contribution in [0.2, 0.25) is 0 Å². The molecule has 0 saturated carbocycles. The highest BCUT2D eigenvalue weighted by atomic mass is 16.6. The molecule has 0 saturated heterocycles. The Hall–Kier alpha value is -4.86. The second-order valence-corrected chi connectivity index (χ2v) is 6.99. The number of hydrogen-bond acceptors (Lipinski definition) is 8. The number of non-ortho nitro benzene ring substituents is 1. The molecule has 0 aliphatic rings. The van der Waals surface area contributed by atoms with Gasteiger partial charge in [-0.25, -0.2) is 15.0 Å². The number of nitro benzene ring substituents is 1. The minimum atomic E-state index is -0.510. The molecule has 0 atom stereocenters. The van der Waals surface area contributed by atoms with E-state index < -0.39 is 4.92 Å². The van der Waals surface area contributed by atoms with Crippen molar-refractivity contribution < 1.29 is 9.72 Å². The fraction of sp³-hybridized carbons (Fsp3) is 0.0435. The van der Waals surface area contributed by atoms with Gasteiger partial charge >= 0.3 is 0 Å². The monoisotopic (exact) mass is 441 g/mol. The van der Waals surface area contributed by atoms with Crippen LogP contribution in [0, 0.1) is 17.0 Å². The Balaban J connectivity index is 1.41. The molecule has 0 fully saturated rings. The third kappa shape index (κ3) is 5.64. The van der Waals surface area contributed by atoms with Crippen molar-refractivity contribution in [2.45, 2.75) is 6.92 Å². The molecule has 0 aliphatic carbocycles. The zero-order valence-electron chi connectivity index (χ0n) is 17.5. The van der Waals surface area contributed by atoms with Gasteiger partial charge in [0, 0.05) is 41.3 Å². The lowest BCUT2D eigenvalue weighted by atomic mass is 10.2. The Bertz CT molecular complexity index is 1280. The first-order chi connectivity index (χ1) is 16.0. The largest absolute Gasteiger partial charge is 0.340 e. The lowest BCUT2D eigenvalue weighted by Gasteiger charge is -2.11. The summed E-state index contributed by atoms with van der Waals surface area (Å²) in [5.41, 5.74) is 1.61. The number of carbonyl (C=O) groups is 1. The lowest BCUT2D eigenvalue weighted by Crippen LogP contribution is -2.11. The van der Waals surface area contributed by atoms with Gasteiger partial charge in [-0.1, -0.05) is 6.07 Å². The van der Waals surface area contributed by atoms with E-state index in [2.05, 4.69) is 30.9 Å². The summed E-state index contributed by atoms with van der Waals surface area (Å²) in [7, 11) is 0. The van der Waals surface area contributed by atoms with Crippen LogP contribution in [0.15, 0.2) is 79.0 Å². The number of rotatable bonds is 7. The van der Waals surface area contributed by atoms with Crippen LogP contribution in [0.4, 0.5) is 34.5 Å². The minimum Gasteiger partial charge on any atom is -0.340 e. The maximum Gasteiger partial charge on any atom is 0.269 e. The second-order valence-electron chi connectivity index (χ2n) is 6.99. The topological polar surface area (TPSA) is 135 Å². The average Bonchev–Trinajstić information content (AvgIpc) is 2.80. The first-order valence-electron chi connectivity index (χ1n) is 9.93. The van der Waals surface area contributed by atoms with E-state index in [4.69, 9.17) is 0 Å². The molecule has 10 heteroatoms. The molecule has 3 N–H and O–H groups in total. The number of nitrogens with zero attached hydrogens (tertiary/aromatic N) is 4. The molecule has 4 rings (SSSR count). The van der Waals surface area contributed by atoms with Crippen LogP contribution in [0.5, 0.6) is 0 Å². The maximum atomic E-state index is 12.4. The van der Waals surface area contributed by atoms with Gasteiger partial charge in [0.05, 0.1) is 4.92 Å². The summed E-state index contributed by atoms with van der Waals surface area (Å²) < 4.78 is 0. The summed E-state index contributed by atoms with van der Waals surface area (Å²) in [5.74, 6) is 2.11. The molecule has 164 valence electrons. The van der Waals surface area contributed by atoms with Crippen molar-refractivity contribution in [3.05, 3.63) is 100 Å². The summed E-state index contributed by atoms with van der Waals surface area (Å²) in [6.07, 6.45) is 1.69. The van der Waals surface area contributed by atoms with E-state index in [0.717, 1.165) is 5.69 Å². The third-order valence-corrected chi connectivity index (χ3v) is 4.51. The molecule has 0 aliphatic heterocycles. The highest BCUT2D eigenvalue weighted by Crippen LogP contribution is 2.21. The SMILES string of the molecule is Cc1nc(Nc2ccc(NC(=O)c3ccc([N+](=O)[O-])cc3)cc2)cc(Nc2ccccn2)n1. The van der Waals surface area contributed by atoms with Crippen LogP contribution in [-0.4, -0.2) is 25.8 Å². The highest BCUT2D eigenvalue weighted by Gasteiger charge is 2.10. The smallest absolute Gasteiger partial charge is 0.269 e. The quantitative estimate of drug-likeness (QED) is 0.274. The van der Waals surface area contributed by atoms with Crippen molar-refractivity contribution in [3.8, 4) is 0 Å². The van der Waals surface area contributed by atoms with Crippen molar-refractivity contribution in [1.82, 2.24) is 15.0 Å². The number of benzene rings is 2. The number of aryl methyl sites for hydroxylation is 1. The van der Waals surface area contributed by atoms with Crippen LogP contribution >= 0.6 is 0 Å². The Morgan fingerprint density at radius 2 is 1.52 bits per heavy atom. The summed E-state index contributed by atoms with van der Waals surface area (Å²) in [6, 6.07) is 19.8. The maximum absolute atomic E-state index is 12.4. The second kappa shape index (κ2) is 9.52. The number of pyridine rings is 1. The van der Waals surface area contributed by atoms with Gasteiger partial charge in [-0.3, -0.25) is 14.9 Å². The molecule has 0 unspecified atom stereocenters. The van der Waals surface area contributed by atoms with Gasteiger partial charge in [0.1, 0.15) is 23.3 Å². The first kappa shape index (κ1) is 21.4. The number of amides is 1. The van der Waals surface area contributed by atoms with Crippen LogP contribution in [0.1, 0.15) is 16.2 Å². The number of anilines is 5. The molecule has 2 aromatic carbocycles. The predicted octanol–water partition coefficient (Wildman–Crippen LogP) is 4.83. The van der Waals surface area contributed by atoms with Gasteiger partial charge in [-0.2, -0.15) is 0 Å². The van der Waals surface area contributed by atoms with Crippen molar-refractivity contribution in [3.63, 3.8) is 0 Å². The molecule has 33 heavy (non-hydrogen) atoms. The number of nitro groups is 1. The average molecular weight is 441 g/mol. The standard InChI is InChI=1S/C23H19N7O3/c1-15-25-21(14-22(26-15)29-20-4-2-3-13-24-20)27-17-7-9-18(10-8-17)28-23(31)16-5-11-19(12-6-16)30(32)33/h2-14H,1H3,(H,28,31)(H2,24,25,26,27,29).